The van der Waals surface area contributed by atoms with Crippen LogP contribution in [0.1, 0.15) is 55.8 Å². The first-order valence-electron chi connectivity index (χ1n) is 7.13. The van der Waals surface area contributed by atoms with Gasteiger partial charge in [-0.3, -0.25) is 4.79 Å². The second-order valence-corrected chi connectivity index (χ2v) is 6.07. The summed E-state index contributed by atoms with van der Waals surface area (Å²) in [6.45, 7) is 2.15. The van der Waals surface area contributed by atoms with Gasteiger partial charge < -0.3 is 5.32 Å². The predicted octanol–water partition coefficient (Wildman–Crippen LogP) is 3.93. The molecule has 1 N–H and O–H groups in total. The third-order valence-corrected chi connectivity index (χ3v) is 4.40. The van der Waals surface area contributed by atoms with Crippen molar-refractivity contribution < 1.29 is 4.79 Å². The minimum atomic E-state index is 0.0144. The molecule has 1 aliphatic carbocycles. The Labute approximate surface area is 123 Å². The van der Waals surface area contributed by atoms with E-state index < -0.39 is 0 Å². The van der Waals surface area contributed by atoms with Crippen LogP contribution in [-0.4, -0.2) is 16.9 Å². The maximum Gasteiger partial charge on any atom is 0.251 e. The van der Waals surface area contributed by atoms with Crippen molar-refractivity contribution in [1.29, 1.82) is 0 Å². The van der Waals surface area contributed by atoms with Crippen molar-refractivity contribution in [2.45, 2.75) is 51.5 Å². The molecule has 19 heavy (non-hydrogen) atoms. The molecule has 2 rings (SSSR count). The molecule has 4 heteroatoms. The van der Waals surface area contributed by atoms with Gasteiger partial charge in [0.25, 0.3) is 5.91 Å². The molecule has 1 aromatic heterocycles. The molecule has 3 nitrogen and oxygen atoms in total. The number of nitrogens with zero attached hydrogens (tertiary/aromatic N) is 1. The highest BCUT2D eigenvalue weighted by Gasteiger charge is 2.24. The molecule has 1 unspecified atom stereocenters. The fourth-order valence-electron chi connectivity index (χ4n) is 2.89. The molecule has 104 valence electrons. The Hall–Kier alpha value is -0.900. The van der Waals surface area contributed by atoms with Crippen molar-refractivity contribution in [3.63, 3.8) is 0 Å². The maximum absolute atomic E-state index is 12.2. The lowest BCUT2D eigenvalue weighted by Gasteiger charge is -2.30. The van der Waals surface area contributed by atoms with Crippen LogP contribution in [0.5, 0.6) is 0 Å². The molecule has 0 aromatic carbocycles. The number of aromatic nitrogens is 1. The van der Waals surface area contributed by atoms with E-state index in [9.17, 15) is 4.79 Å². The summed E-state index contributed by atoms with van der Waals surface area (Å²) in [7, 11) is 0. The standard InChI is InChI=1S/C15H21BrN2O/c1-2-13(11-6-4-3-5-7-11)18-15(19)12-8-9-17-14(16)10-12/h8-11,13H,2-7H2,1H3,(H,18,19). The number of rotatable bonds is 4. The Bertz CT molecular complexity index is 430. The minimum Gasteiger partial charge on any atom is -0.349 e. The van der Waals surface area contributed by atoms with E-state index in [1.165, 1.54) is 32.1 Å². The molecule has 1 heterocycles. The van der Waals surface area contributed by atoms with Gasteiger partial charge in [0.05, 0.1) is 0 Å². The van der Waals surface area contributed by atoms with Crippen LogP contribution in [0.25, 0.3) is 0 Å². The quantitative estimate of drug-likeness (QED) is 0.852. The fourth-order valence-corrected chi connectivity index (χ4v) is 3.25. The summed E-state index contributed by atoms with van der Waals surface area (Å²) in [5.41, 5.74) is 0.677. The molecule has 1 atom stereocenters. The second kappa shape index (κ2) is 7.04. The molecule has 0 radical (unpaired) electrons. The van der Waals surface area contributed by atoms with Crippen molar-refractivity contribution in [2.75, 3.05) is 0 Å². The van der Waals surface area contributed by atoms with Gasteiger partial charge in [-0.25, -0.2) is 4.98 Å². The summed E-state index contributed by atoms with van der Waals surface area (Å²) < 4.78 is 0.700. The Morgan fingerprint density at radius 1 is 1.47 bits per heavy atom. The number of hydrogen-bond acceptors (Lipinski definition) is 2. The van der Waals surface area contributed by atoms with Crippen LogP contribution in [0.2, 0.25) is 0 Å². The van der Waals surface area contributed by atoms with E-state index in [2.05, 4.69) is 33.2 Å². The number of nitrogens with one attached hydrogen (secondary N) is 1. The summed E-state index contributed by atoms with van der Waals surface area (Å²) in [6, 6.07) is 3.83. The Morgan fingerprint density at radius 2 is 2.21 bits per heavy atom. The number of amides is 1. The largest absolute Gasteiger partial charge is 0.349 e. The van der Waals surface area contributed by atoms with E-state index in [1.54, 1.807) is 18.3 Å². The van der Waals surface area contributed by atoms with Gasteiger partial charge in [0.1, 0.15) is 4.60 Å². The summed E-state index contributed by atoms with van der Waals surface area (Å²) in [4.78, 5) is 16.3. The van der Waals surface area contributed by atoms with E-state index >= 15 is 0 Å². The molecule has 1 aliphatic rings. The molecule has 1 fully saturated rings. The van der Waals surface area contributed by atoms with Crippen LogP contribution in [-0.2, 0) is 0 Å². The molecule has 0 saturated heterocycles. The normalized spacial score (nSPS) is 18.0. The third-order valence-electron chi connectivity index (χ3n) is 3.96. The maximum atomic E-state index is 12.2. The zero-order valence-corrected chi connectivity index (χ0v) is 12.9. The summed E-state index contributed by atoms with van der Waals surface area (Å²) >= 11 is 3.30. The highest BCUT2D eigenvalue weighted by molar-refractivity contribution is 9.10. The number of hydrogen-bond donors (Lipinski definition) is 1. The average molecular weight is 325 g/mol. The highest BCUT2D eigenvalue weighted by atomic mass is 79.9. The molecule has 0 aliphatic heterocycles. The molecule has 0 bridgehead atoms. The Balaban J connectivity index is 1.99. The lowest BCUT2D eigenvalue weighted by molar-refractivity contribution is 0.0911. The number of carbonyl (C=O) groups is 1. The van der Waals surface area contributed by atoms with E-state index in [0.717, 1.165) is 6.42 Å². The summed E-state index contributed by atoms with van der Waals surface area (Å²) in [5, 5.41) is 3.19. The van der Waals surface area contributed by atoms with Gasteiger partial charge >= 0.3 is 0 Å². The lowest BCUT2D eigenvalue weighted by atomic mass is 9.83. The first-order chi connectivity index (χ1) is 9.20. The van der Waals surface area contributed by atoms with Gasteiger partial charge in [0.2, 0.25) is 0 Å². The number of carbonyl (C=O) groups excluding carboxylic acids is 1. The van der Waals surface area contributed by atoms with Gasteiger partial charge in [0, 0.05) is 17.8 Å². The number of pyridine rings is 1. The van der Waals surface area contributed by atoms with Crippen LogP contribution >= 0.6 is 15.9 Å². The lowest BCUT2D eigenvalue weighted by Crippen LogP contribution is -2.40. The summed E-state index contributed by atoms with van der Waals surface area (Å²) in [6.07, 6.45) is 9.11. The third kappa shape index (κ3) is 4.03. The van der Waals surface area contributed by atoms with Gasteiger partial charge in [-0.15, -0.1) is 0 Å². The molecule has 1 saturated carbocycles. The highest BCUT2D eigenvalue weighted by Crippen LogP contribution is 2.27. The number of halogens is 1. The average Bonchev–Trinajstić information content (AvgIpc) is 2.45. The fraction of sp³-hybridized carbons (Fsp3) is 0.600. The van der Waals surface area contributed by atoms with Crippen LogP contribution in [0, 0.1) is 5.92 Å². The molecular formula is C15H21BrN2O. The van der Waals surface area contributed by atoms with Crippen molar-refractivity contribution in [3.8, 4) is 0 Å². The Kier molecular flexibility index (Phi) is 5.37. The van der Waals surface area contributed by atoms with Gasteiger partial charge in [-0.2, -0.15) is 0 Å². The smallest absolute Gasteiger partial charge is 0.251 e. The van der Waals surface area contributed by atoms with Crippen molar-refractivity contribution in [1.82, 2.24) is 10.3 Å². The second-order valence-electron chi connectivity index (χ2n) is 5.25. The van der Waals surface area contributed by atoms with E-state index in [1.807, 2.05) is 0 Å². The molecule has 0 spiro atoms. The van der Waals surface area contributed by atoms with Crippen LogP contribution < -0.4 is 5.32 Å². The molecule has 1 amide bonds. The van der Waals surface area contributed by atoms with Gasteiger partial charge in [-0.05, 0) is 53.2 Å². The molecular weight excluding hydrogens is 304 g/mol. The predicted molar refractivity (Wildman–Crippen MR) is 80.1 cm³/mol. The van der Waals surface area contributed by atoms with Gasteiger partial charge in [0.15, 0.2) is 0 Å². The Morgan fingerprint density at radius 3 is 2.84 bits per heavy atom. The van der Waals surface area contributed by atoms with E-state index in [0.29, 0.717) is 22.1 Å². The minimum absolute atomic E-state index is 0.0144. The molecule has 1 aromatic rings. The zero-order valence-electron chi connectivity index (χ0n) is 11.4. The first kappa shape index (κ1) is 14.5. The van der Waals surface area contributed by atoms with Crippen molar-refractivity contribution in [2.24, 2.45) is 5.92 Å². The van der Waals surface area contributed by atoms with Crippen LogP contribution in [0.4, 0.5) is 0 Å². The van der Waals surface area contributed by atoms with Crippen LogP contribution in [0.3, 0.4) is 0 Å². The van der Waals surface area contributed by atoms with E-state index in [4.69, 9.17) is 0 Å². The van der Waals surface area contributed by atoms with Crippen molar-refractivity contribution >= 4 is 21.8 Å². The van der Waals surface area contributed by atoms with Crippen molar-refractivity contribution in [3.05, 3.63) is 28.5 Å². The zero-order chi connectivity index (χ0) is 13.7. The SMILES string of the molecule is CCC(NC(=O)c1ccnc(Br)c1)C1CCCCC1. The van der Waals surface area contributed by atoms with Crippen LogP contribution in [0.15, 0.2) is 22.9 Å². The first-order valence-corrected chi connectivity index (χ1v) is 7.92. The topological polar surface area (TPSA) is 42.0 Å². The summed E-state index contributed by atoms with van der Waals surface area (Å²) in [5.74, 6) is 0.661. The van der Waals surface area contributed by atoms with Gasteiger partial charge in [-0.1, -0.05) is 26.2 Å². The van der Waals surface area contributed by atoms with E-state index in [-0.39, 0.29) is 5.91 Å². The monoisotopic (exact) mass is 324 g/mol.